The number of rotatable bonds is 3. The Hall–Kier alpha value is -0.710. The number of carbonyl (C=O) groups excluding carboxylic acids is 1. The second kappa shape index (κ2) is 7.71. The summed E-state index contributed by atoms with van der Waals surface area (Å²) >= 11 is 7.51. The lowest BCUT2D eigenvalue weighted by Gasteiger charge is -2.40. The van der Waals surface area contributed by atoms with Gasteiger partial charge in [0.2, 0.25) is 5.91 Å². The average molecular weight is 339 g/mol. The van der Waals surface area contributed by atoms with Gasteiger partial charge in [0.1, 0.15) is 0 Å². The Morgan fingerprint density at radius 3 is 2.91 bits per heavy atom. The first-order valence-electron chi connectivity index (χ1n) is 8.12. The molecule has 2 aliphatic heterocycles. The number of benzene rings is 1. The van der Waals surface area contributed by atoms with Gasteiger partial charge in [-0.15, -0.1) is 11.8 Å². The SMILES string of the molecule is O=C(CSc1ccc(Cl)cc1)N1CCCC2CNCCCC21. The van der Waals surface area contributed by atoms with Crippen LogP contribution in [0.3, 0.4) is 0 Å². The number of piperidine rings is 1. The van der Waals surface area contributed by atoms with E-state index in [0.717, 1.165) is 42.4 Å². The lowest BCUT2D eigenvalue weighted by atomic mass is 9.87. The summed E-state index contributed by atoms with van der Waals surface area (Å²) in [5, 5.41) is 4.25. The highest BCUT2D eigenvalue weighted by Crippen LogP contribution is 2.29. The molecule has 0 radical (unpaired) electrons. The van der Waals surface area contributed by atoms with Crippen LogP contribution in [0.25, 0.3) is 0 Å². The molecule has 120 valence electrons. The molecule has 2 aliphatic rings. The van der Waals surface area contributed by atoms with Crippen LogP contribution in [0.2, 0.25) is 5.02 Å². The number of carbonyl (C=O) groups is 1. The van der Waals surface area contributed by atoms with Crippen molar-refractivity contribution >= 4 is 29.3 Å². The number of nitrogens with zero attached hydrogens (tertiary/aromatic N) is 1. The van der Waals surface area contributed by atoms with E-state index in [1.807, 2.05) is 24.3 Å². The van der Waals surface area contributed by atoms with Gasteiger partial charge in [-0.05, 0) is 69.0 Å². The molecule has 0 spiro atoms. The largest absolute Gasteiger partial charge is 0.339 e. The number of thioether (sulfide) groups is 1. The molecule has 0 bridgehead atoms. The fraction of sp³-hybridized carbons (Fsp3) is 0.588. The summed E-state index contributed by atoms with van der Waals surface area (Å²) in [5.74, 6) is 1.45. The van der Waals surface area contributed by atoms with Crippen molar-refractivity contribution < 1.29 is 4.79 Å². The summed E-state index contributed by atoms with van der Waals surface area (Å²) in [5.41, 5.74) is 0. The smallest absolute Gasteiger partial charge is 0.233 e. The van der Waals surface area contributed by atoms with Crippen molar-refractivity contribution in [2.75, 3.05) is 25.4 Å². The molecule has 1 aromatic rings. The first kappa shape index (κ1) is 16.2. The Morgan fingerprint density at radius 2 is 2.09 bits per heavy atom. The van der Waals surface area contributed by atoms with E-state index in [-0.39, 0.29) is 5.91 Å². The second-order valence-electron chi connectivity index (χ2n) is 6.15. The van der Waals surface area contributed by atoms with Crippen molar-refractivity contribution in [3.05, 3.63) is 29.3 Å². The first-order chi connectivity index (χ1) is 10.7. The van der Waals surface area contributed by atoms with Crippen LogP contribution in [0, 0.1) is 5.92 Å². The molecule has 5 heteroatoms. The molecule has 0 aliphatic carbocycles. The van der Waals surface area contributed by atoms with Crippen LogP contribution < -0.4 is 5.32 Å². The van der Waals surface area contributed by atoms with Crippen molar-refractivity contribution in [3.8, 4) is 0 Å². The molecule has 1 aromatic carbocycles. The normalized spacial score (nSPS) is 25.4. The molecule has 22 heavy (non-hydrogen) atoms. The van der Waals surface area contributed by atoms with Crippen LogP contribution in [0.1, 0.15) is 25.7 Å². The summed E-state index contributed by atoms with van der Waals surface area (Å²) in [6.45, 7) is 3.09. The van der Waals surface area contributed by atoms with Crippen molar-refractivity contribution in [3.63, 3.8) is 0 Å². The predicted octanol–water partition coefficient (Wildman–Crippen LogP) is 3.42. The maximum absolute atomic E-state index is 12.7. The third-order valence-corrected chi connectivity index (χ3v) is 5.92. The number of halogens is 1. The van der Waals surface area contributed by atoms with Crippen molar-refractivity contribution in [2.45, 2.75) is 36.6 Å². The fourth-order valence-corrected chi connectivity index (χ4v) is 4.47. The zero-order chi connectivity index (χ0) is 15.4. The van der Waals surface area contributed by atoms with Gasteiger partial charge in [-0.1, -0.05) is 11.6 Å². The second-order valence-corrected chi connectivity index (χ2v) is 7.63. The lowest BCUT2D eigenvalue weighted by molar-refractivity contribution is -0.133. The van der Waals surface area contributed by atoms with Crippen LogP contribution in [0.5, 0.6) is 0 Å². The van der Waals surface area contributed by atoms with E-state index in [1.165, 1.54) is 12.8 Å². The molecule has 0 aromatic heterocycles. The van der Waals surface area contributed by atoms with E-state index in [9.17, 15) is 4.79 Å². The minimum Gasteiger partial charge on any atom is -0.339 e. The van der Waals surface area contributed by atoms with Crippen LogP contribution in [0.4, 0.5) is 0 Å². The van der Waals surface area contributed by atoms with E-state index in [1.54, 1.807) is 11.8 Å². The highest BCUT2D eigenvalue weighted by molar-refractivity contribution is 8.00. The van der Waals surface area contributed by atoms with Crippen LogP contribution in [0.15, 0.2) is 29.2 Å². The minimum absolute atomic E-state index is 0.288. The van der Waals surface area contributed by atoms with Gasteiger partial charge in [-0.2, -0.15) is 0 Å². The van der Waals surface area contributed by atoms with Gasteiger partial charge in [-0.3, -0.25) is 4.79 Å². The quantitative estimate of drug-likeness (QED) is 0.857. The van der Waals surface area contributed by atoms with Gasteiger partial charge >= 0.3 is 0 Å². The number of hydrogen-bond acceptors (Lipinski definition) is 3. The van der Waals surface area contributed by atoms with Gasteiger partial charge in [0.25, 0.3) is 0 Å². The first-order valence-corrected chi connectivity index (χ1v) is 9.49. The molecular weight excluding hydrogens is 316 g/mol. The molecule has 1 amide bonds. The van der Waals surface area contributed by atoms with Crippen molar-refractivity contribution in [1.29, 1.82) is 0 Å². The minimum atomic E-state index is 0.288. The summed E-state index contributed by atoms with van der Waals surface area (Å²) in [6, 6.07) is 8.16. The summed E-state index contributed by atoms with van der Waals surface area (Å²) in [6.07, 6.45) is 4.72. The fourth-order valence-electron chi connectivity index (χ4n) is 3.56. The van der Waals surface area contributed by atoms with E-state index in [4.69, 9.17) is 11.6 Å². The Kier molecular flexibility index (Phi) is 5.66. The zero-order valence-corrected chi connectivity index (χ0v) is 14.3. The summed E-state index contributed by atoms with van der Waals surface area (Å²) < 4.78 is 0. The van der Waals surface area contributed by atoms with Crippen LogP contribution in [-0.2, 0) is 4.79 Å². The third-order valence-electron chi connectivity index (χ3n) is 4.67. The van der Waals surface area contributed by atoms with Gasteiger partial charge in [-0.25, -0.2) is 0 Å². The molecule has 0 saturated carbocycles. The molecule has 2 unspecified atom stereocenters. The highest BCUT2D eigenvalue weighted by atomic mass is 35.5. The number of hydrogen-bond donors (Lipinski definition) is 1. The lowest BCUT2D eigenvalue weighted by Crippen LogP contribution is -2.50. The molecule has 2 fully saturated rings. The molecular formula is C17H23ClN2OS. The van der Waals surface area contributed by atoms with E-state index in [0.29, 0.717) is 17.7 Å². The molecule has 2 heterocycles. The van der Waals surface area contributed by atoms with Gasteiger partial charge in [0.15, 0.2) is 0 Å². The topological polar surface area (TPSA) is 32.3 Å². The maximum Gasteiger partial charge on any atom is 0.233 e. The number of amides is 1. The molecule has 2 atom stereocenters. The summed E-state index contributed by atoms with van der Waals surface area (Å²) in [7, 11) is 0. The standard InChI is InChI=1S/C17H23ClN2OS/c18-14-5-7-15(8-6-14)22-12-17(21)20-10-2-3-13-11-19-9-1-4-16(13)20/h5-8,13,16,19H,1-4,9-12H2. The van der Waals surface area contributed by atoms with Crippen molar-refractivity contribution in [2.24, 2.45) is 5.92 Å². The number of nitrogens with one attached hydrogen (secondary N) is 1. The third kappa shape index (κ3) is 3.98. The van der Waals surface area contributed by atoms with Crippen LogP contribution >= 0.6 is 23.4 Å². The maximum atomic E-state index is 12.7. The van der Waals surface area contributed by atoms with Crippen LogP contribution in [-0.4, -0.2) is 42.2 Å². The summed E-state index contributed by atoms with van der Waals surface area (Å²) in [4.78, 5) is 15.9. The molecule has 1 N–H and O–H groups in total. The predicted molar refractivity (Wildman–Crippen MR) is 92.5 cm³/mol. The molecule has 2 saturated heterocycles. The molecule has 3 nitrogen and oxygen atoms in total. The van der Waals surface area contributed by atoms with Gasteiger partial charge in [0, 0.05) is 22.5 Å². The average Bonchev–Trinajstić information content (AvgIpc) is 2.79. The Labute approximate surface area is 141 Å². The van der Waals surface area contributed by atoms with E-state index in [2.05, 4.69) is 10.2 Å². The Bertz CT molecular complexity index is 508. The van der Waals surface area contributed by atoms with Crippen molar-refractivity contribution in [1.82, 2.24) is 10.2 Å². The molecule has 3 rings (SSSR count). The zero-order valence-electron chi connectivity index (χ0n) is 12.8. The van der Waals surface area contributed by atoms with E-state index >= 15 is 0 Å². The number of likely N-dealkylation sites (tertiary alicyclic amines) is 1. The monoisotopic (exact) mass is 338 g/mol. The van der Waals surface area contributed by atoms with E-state index < -0.39 is 0 Å². The van der Waals surface area contributed by atoms with Gasteiger partial charge < -0.3 is 10.2 Å². The van der Waals surface area contributed by atoms with Gasteiger partial charge in [0.05, 0.1) is 5.75 Å². The highest BCUT2D eigenvalue weighted by Gasteiger charge is 2.34. The number of fused-ring (bicyclic) bond motifs is 1. The Balaban J connectivity index is 1.59. The Morgan fingerprint density at radius 1 is 1.27 bits per heavy atom.